The van der Waals surface area contributed by atoms with Crippen LogP contribution in [-0.4, -0.2) is 48.2 Å². The fourth-order valence-electron chi connectivity index (χ4n) is 17.1. The Morgan fingerprint density at radius 1 is 0.205 bits per heavy atom. The Morgan fingerprint density at radius 3 is 1.20 bits per heavy atom. The quantitative estimate of drug-likeness (QED) is 0.140. The average molecular weight is 1430 g/mol. The van der Waals surface area contributed by atoms with Gasteiger partial charge in [0, 0.05) is 92.7 Å². The Morgan fingerprint density at radius 2 is 0.607 bits per heavy atom. The number of furan rings is 2. The maximum Gasteiger partial charge on any atom is 0.238 e. The second kappa shape index (κ2) is 25.1. The monoisotopic (exact) mass is 1430 g/mol. The van der Waals surface area contributed by atoms with Crippen LogP contribution in [0.15, 0.2) is 373 Å². The van der Waals surface area contributed by atoms with Gasteiger partial charge in [0.05, 0.1) is 49.7 Å². The lowest BCUT2D eigenvalue weighted by atomic mass is 10.1. The first-order valence-electron chi connectivity index (χ1n) is 37.6. The van der Waals surface area contributed by atoms with Crippen LogP contribution in [0.25, 0.3) is 222 Å². The minimum absolute atomic E-state index is 0.535. The van der Waals surface area contributed by atoms with Crippen molar-refractivity contribution >= 4 is 142 Å². The van der Waals surface area contributed by atoms with Gasteiger partial charge in [-0.1, -0.05) is 273 Å². The number of para-hydroxylation sites is 7. The van der Waals surface area contributed by atoms with Crippen molar-refractivity contribution in [1.82, 2.24) is 48.2 Å². The van der Waals surface area contributed by atoms with Crippen LogP contribution >= 0.6 is 0 Å². The zero-order valence-electron chi connectivity index (χ0n) is 59.9. The molecular weight excluding hydrogens is 1370 g/mol. The second-order valence-electron chi connectivity index (χ2n) is 28.5. The number of hydrogen-bond donors (Lipinski definition) is 0. The van der Waals surface area contributed by atoms with Gasteiger partial charge < -0.3 is 18.0 Å². The van der Waals surface area contributed by atoms with Gasteiger partial charge in [-0.15, -0.1) is 0 Å². The highest BCUT2D eigenvalue weighted by molar-refractivity contribution is 6.28. The molecule has 24 aromatic rings. The van der Waals surface area contributed by atoms with E-state index in [2.05, 4.69) is 267 Å². The minimum atomic E-state index is 0.535. The van der Waals surface area contributed by atoms with Gasteiger partial charge in [0.2, 0.25) is 11.9 Å². The molecule has 8 heterocycles. The molecule has 0 N–H and O–H groups in total. The van der Waals surface area contributed by atoms with Gasteiger partial charge in [-0.2, -0.15) is 19.9 Å². The van der Waals surface area contributed by atoms with Crippen molar-refractivity contribution in [2.75, 3.05) is 0 Å². The molecule has 12 nitrogen and oxygen atoms in total. The summed E-state index contributed by atoms with van der Waals surface area (Å²) in [5.74, 6) is 3.39. The minimum Gasteiger partial charge on any atom is -0.456 e. The zero-order valence-corrected chi connectivity index (χ0v) is 59.9. The maximum absolute atomic E-state index is 6.51. The molecule has 16 aromatic carbocycles. The fourth-order valence-corrected chi connectivity index (χ4v) is 17.1. The first-order chi connectivity index (χ1) is 55.5. The third kappa shape index (κ3) is 9.88. The molecule has 0 amide bonds. The number of nitrogens with zero attached hydrogens (tertiary/aromatic N) is 10. The summed E-state index contributed by atoms with van der Waals surface area (Å²) in [6, 6.07) is 127. The molecule has 12 heteroatoms. The average Bonchev–Trinajstić information content (AvgIpc) is 1.55. The zero-order chi connectivity index (χ0) is 73.5. The van der Waals surface area contributed by atoms with Crippen LogP contribution in [0.2, 0.25) is 0 Å². The van der Waals surface area contributed by atoms with E-state index in [1.54, 1.807) is 0 Å². The summed E-state index contributed by atoms with van der Waals surface area (Å²) in [6.45, 7) is 0. The Labute approximate surface area is 638 Å². The number of hydrogen-bond acceptors (Lipinski definition) is 8. The Kier molecular flexibility index (Phi) is 14.1. The van der Waals surface area contributed by atoms with E-state index in [1.165, 1.54) is 43.4 Å². The normalized spacial score (nSPS) is 11.9. The van der Waals surface area contributed by atoms with Crippen molar-refractivity contribution in [3.8, 4) is 79.9 Å². The first kappa shape index (κ1) is 62.8. The lowest BCUT2D eigenvalue weighted by molar-refractivity contribution is 0.669. The van der Waals surface area contributed by atoms with Crippen molar-refractivity contribution < 1.29 is 8.83 Å². The molecule has 112 heavy (non-hydrogen) atoms. The van der Waals surface area contributed by atoms with E-state index in [0.717, 1.165) is 143 Å². The van der Waals surface area contributed by atoms with Crippen LogP contribution in [0.5, 0.6) is 0 Å². The molecule has 0 aliphatic rings. The highest BCUT2D eigenvalue weighted by Crippen LogP contribution is 2.46. The highest BCUT2D eigenvalue weighted by Gasteiger charge is 2.27. The molecule has 8 aromatic heterocycles. The lowest BCUT2D eigenvalue weighted by Gasteiger charge is -2.12. The smallest absolute Gasteiger partial charge is 0.238 e. The maximum atomic E-state index is 6.51. The summed E-state index contributed by atoms with van der Waals surface area (Å²) in [5.41, 5.74) is 19.9. The molecular formula is C100H60N10O2. The summed E-state index contributed by atoms with van der Waals surface area (Å²) in [7, 11) is 0. The largest absolute Gasteiger partial charge is 0.456 e. The van der Waals surface area contributed by atoms with Gasteiger partial charge in [0.15, 0.2) is 23.3 Å². The molecule has 0 atom stereocenters. The molecule has 0 unspecified atom stereocenters. The van der Waals surface area contributed by atoms with Crippen molar-refractivity contribution in [3.05, 3.63) is 364 Å². The van der Waals surface area contributed by atoms with E-state index in [9.17, 15) is 0 Å². The van der Waals surface area contributed by atoms with E-state index in [0.29, 0.717) is 35.2 Å². The topological polar surface area (TPSA) is 123 Å². The summed E-state index contributed by atoms with van der Waals surface area (Å²) < 4.78 is 22.0. The third-order valence-electron chi connectivity index (χ3n) is 22.2. The first-order valence-corrected chi connectivity index (χ1v) is 37.6. The van der Waals surface area contributed by atoms with E-state index < -0.39 is 0 Å². The van der Waals surface area contributed by atoms with Gasteiger partial charge in [-0.3, -0.25) is 9.13 Å². The van der Waals surface area contributed by atoms with Gasteiger partial charge in [-0.25, -0.2) is 9.97 Å². The van der Waals surface area contributed by atoms with Crippen LogP contribution < -0.4 is 0 Å². The third-order valence-corrected chi connectivity index (χ3v) is 22.2. The summed E-state index contributed by atoms with van der Waals surface area (Å²) in [5, 5.41) is 16.0. The fraction of sp³-hybridized carbons (Fsp3) is 0. The van der Waals surface area contributed by atoms with Crippen LogP contribution in [0.4, 0.5) is 0 Å². The molecule has 0 spiro atoms. The Hall–Kier alpha value is -15.4. The standard InChI is InChI=1S/C51H31N5O.C49H29N5O/c1-3-14-32(15-4-1)33-26-28-35(29-27-33)55-42-23-10-7-18-36(42)38-30-31-44-46(47(38)55)40-20-8-11-24-43(40)56(44)51-53-49(34-16-5-2-6-17-34)52-50(54-51)41-22-13-21-39-37-19-9-12-25-45(37)57-48(39)41;1-2-13-31(14-3-1)47-50-48(33-23-25-37-36-17-8-11-21-43(36)55-44(37)29-33)52-49(51-47)54-41-20-10-7-18-39(41)45-42(54)27-26-38-35-16-6-9-19-40(35)53(46(38)45)34-24-22-30-12-4-5-15-32(30)28-34/h1-31H;1-29H. The van der Waals surface area contributed by atoms with Crippen LogP contribution in [-0.2, 0) is 0 Å². The number of rotatable bonds is 9. The number of aromatic nitrogens is 10. The SMILES string of the molecule is c1ccc(-c2ccc(-n3c4ccccc4c4ccc5c(c6ccccc6n5-c5nc(-c6ccccc6)nc(-c6cccc7c6oc6ccccc67)n5)c43)cc2)cc1.c1ccc(-c2nc(-c3ccc4c(c3)oc3ccccc34)nc(-n3c4ccccc4c4c3ccc3c5ccccc5n(-c5ccc6ccccc6c5)c34)n2)cc1. The molecule has 0 saturated heterocycles. The molecule has 24 rings (SSSR count). The van der Waals surface area contributed by atoms with E-state index in [4.69, 9.17) is 38.7 Å². The van der Waals surface area contributed by atoms with Crippen molar-refractivity contribution in [3.63, 3.8) is 0 Å². The van der Waals surface area contributed by atoms with E-state index >= 15 is 0 Å². The molecule has 0 aliphatic carbocycles. The molecule has 0 saturated carbocycles. The molecule has 0 fully saturated rings. The Balaban J connectivity index is 0.000000134. The summed E-state index contributed by atoms with van der Waals surface area (Å²) in [6.07, 6.45) is 0. The van der Waals surface area contributed by atoms with E-state index in [1.807, 2.05) is 115 Å². The lowest BCUT2D eigenvalue weighted by Crippen LogP contribution is -2.06. The number of benzene rings is 16. The van der Waals surface area contributed by atoms with Crippen molar-refractivity contribution in [2.24, 2.45) is 0 Å². The van der Waals surface area contributed by atoms with Crippen LogP contribution in [0.3, 0.4) is 0 Å². The molecule has 522 valence electrons. The predicted octanol–water partition coefficient (Wildman–Crippen LogP) is 25.4. The highest BCUT2D eigenvalue weighted by atomic mass is 16.3. The van der Waals surface area contributed by atoms with Gasteiger partial charge in [0.1, 0.15) is 22.3 Å². The van der Waals surface area contributed by atoms with Crippen LogP contribution in [0.1, 0.15) is 0 Å². The van der Waals surface area contributed by atoms with Crippen LogP contribution in [0, 0.1) is 0 Å². The van der Waals surface area contributed by atoms with E-state index in [-0.39, 0.29) is 0 Å². The van der Waals surface area contributed by atoms with Gasteiger partial charge in [0.25, 0.3) is 0 Å². The van der Waals surface area contributed by atoms with Crippen molar-refractivity contribution in [1.29, 1.82) is 0 Å². The second-order valence-corrected chi connectivity index (χ2v) is 28.5. The summed E-state index contributed by atoms with van der Waals surface area (Å²) in [4.78, 5) is 31.2. The molecule has 0 radical (unpaired) electrons. The van der Waals surface area contributed by atoms with Crippen molar-refractivity contribution in [2.45, 2.75) is 0 Å². The Bertz CT molecular complexity index is 7950. The molecule has 0 aliphatic heterocycles. The number of fused-ring (bicyclic) bond motifs is 21. The summed E-state index contributed by atoms with van der Waals surface area (Å²) >= 11 is 0. The van der Waals surface area contributed by atoms with Gasteiger partial charge in [-0.05, 0) is 113 Å². The molecule has 0 bridgehead atoms. The predicted molar refractivity (Wildman–Crippen MR) is 456 cm³/mol. The van der Waals surface area contributed by atoms with Gasteiger partial charge >= 0.3 is 0 Å².